The van der Waals surface area contributed by atoms with Crippen LogP contribution in [0.15, 0.2) is 36.6 Å². The van der Waals surface area contributed by atoms with Crippen LogP contribution in [0.3, 0.4) is 0 Å². The number of aromatic nitrogens is 3. The molecule has 0 radical (unpaired) electrons. The predicted octanol–water partition coefficient (Wildman–Crippen LogP) is 8.94. The van der Waals surface area contributed by atoms with Crippen LogP contribution in [0.2, 0.25) is 10.3 Å². The summed E-state index contributed by atoms with van der Waals surface area (Å²) in [6.45, 7) is 4.73. The molecule has 0 atom stereocenters. The Morgan fingerprint density at radius 3 is 1.57 bits per heavy atom. The van der Waals surface area contributed by atoms with Crippen molar-refractivity contribution < 1.29 is 33.0 Å². The van der Waals surface area contributed by atoms with Crippen molar-refractivity contribution in [2.75, 3.05) is 0 Å². The van der Waals surface area contributed by atoms with E-state index in [0.29, 0.717) is 24.9 Å². The average Bonchev–Trinajstić information content (AvgIpc) is 2.64. The van der Waals surface area contributed by atoms with Gasteiger partial charge >= 0.3 is 18.1 Å². The van der Waals surface area contributed by atoms with E-state index >= 15 is 0 Å². The second kappa shape index (κ2) is 14.2. The number of nitrogens with zero attached hydrogens (tertiary/aromatic N) is 3. The number of rotatable bonds is 2. The average molecular weight is 820 g/mol. The summed E-state index contributed by atoms with van der Waals surface area (Å²) in [7, 11) is 0. The largest absolute Gasteiger partial charge is 0.478 e. The third-order valence-electron chi connectivity index (χ3n) is 4.13. The molecule has 0 saturated heterocycles. The molecule has 3 aromatic heterocycles. The predicted molar refractivity (Wildman–Crippen MR) is 147 cm³/mol. The van der Waals surface area contributed by atoms with Crippen molar-refractivity contribution in [2.24, 2.45) is 0 Å². The van der Waals surface area contributed by atoms with Gasteiger partial charge in [0, 0.05) is 0 Å². The molecule has 0 aliphatic carbocycles. The van der Waals surface area contributed by atoms with Crippen LogP contribution in [0.1, 0.15) is 43.0 Å². The quantitative estimate of drug-likeness (QED) is 0.249. The maximum absolute atomic E-state index is 12.4. The second-order valence-corrected chi connectivity index (χ2v) is 10.8. The Labute approximate surface area is 252 Å². The normalized spacial score (nSPS) is 10.6. The van der Waals surface area contributed by atoms with Gasteiger partial charge < -0.3 is 10.2 Å². The number of aryl methyl sites for hydroxylation is 3. The molecule has 0 bridgehead atoms. The number of carboxylic acids is 2. The highest BCUT2D eigenvalue weighted by atomic mass is 79.9. The summed E-state index contributed by atoms with van der Waals surface area (Å²) in [5, 5.41) is 17.5. The van der Waals surface area contributed by atoms with Gasteiger partial charge in [-0.25, -0.2) is 24.5 Å². The summed E-state index contributed by atoms with van der Waals surface area (Å²) in [6.07, 6.45) is -4.36. The van der Waals surface area contributed by atoms with Gasteiger partial charge in [0.2, 0.25) is 0 Å². The minimum Gasteiger partial charge on any atom is -0.478 e. The zero-order chi connectivity index (χ0) is 28.8. The first-order chi connectivity index (χ1) is 16.9. The monoisotopic (exact) mass is 815 g/mol. The summed E-state index contributed by atoms with van der Waals surface area (Å²) in [5.41, 5.74) is 0.806. The van der Waals surface area contributed by atoms with Crippen LogP contribution in [0.25, 0.3) is 0 Å². The van der Waals surface area contributed by atoms with E-state index in [9.17, 15) is 22.8 Å². The topological polar surface area (TPSA) is 113 Å². The number of halogens is 9. The van der Waals surface area contributed by atoms with Gasteiger partial charge in [0.05, 0.1) is 16.7 Å². The minimum absolute atomic E-state index is 0.000988. The third-order valence-corrected chi connectivity index (χ3v) is 6.56. The minimum atomic E-state index is -4.36. The van der Waals surface area contributed by atoms with E-state index in [-0.39, 0.29) is 31.6 Å². The van der Waals surface area contributed by atoms with E-state index in [1.54, 1.807) is 19.9 Å². The van der Waals surface area contributed by atoms with Crippen molar-refractivity contribution >= 4 is 98.9 Å². The van der Waals surface area contributed by atoms with Gasteiger partial charge in [0.15, 0.2) is 0 Å². The number of aromatic carboxylic acids is 2. The van der Waals surface area contributed by atoms with Gasteiger partial charge in [-0.05, 0) is 119 Å². The highest BCUT2D eigenvalue weighted by molar-refractivity contribution is 9.11. The van der Waals surface area contributed by atoms with Crippen LogP contribution >= 0.6 is 86.9 Å². The van der Waals surface area contributed by atoms with Gasteiger partial charge in [-0.1, -0.05) is 23.2 Å². The second-order valence-electron chi connectivity index (χ2n) is 6.89. The van der Waals surface area contributed by atoms with Crippen molar-refractivity contribution in [1.82, 2.24) is 15.0 Å². The molecule has 3 aromatic rings. The molecule has 0 amide bonds. The third kappa shape index (κ3) is 10.1. The van der Waals surface area contributed by atoms with Crippen LogP contribution in [-0.4, -0.2) is 37.1 Å². The lowest BCUT2D eigenvalue weighted by atomic mass is 10.1. The SMILES string of the molecule is Cc1cc(Br)nc(Br)c1C(=O)O.Cc1cc(Br)nc(Br)c1C(F)(F)F.Cc1cc(Cl)nc(Cl)c1C(=O)O. The van der Waals surface area contributed by atoms with E-state index in [1.807, 2.05) is 0 Å². The van der Waals surface area contributed by atoms with Gasteiger partial charge in [-0.3, -0.25) is 0 Å². The maximum atomic E-state index is 12.4. The number of hydrogen-bond acceptors (Lipinski definition) is 5. The van der Waals surface area contributed by atoms with E-state index in [4.69, 9.17) is 33.4 Å². The van der Waals surface area contributed by atoms with E-state index in [0.717, 1.165) is 0 Å². The Bertz CT molecular complexity index is 1210. The van der Waals surface area contributed by atoms with Crippen LogP contribution in [0.5, 0.6) is 0 Å². The lowest BCUT2D eigenvalue weighted by molar-refractivity contribution is -0.138. The van der Waals surface area contributed by atoms with Crippen molar-refractivity contribution in [3.8, 4) is 0 Å². The summed E-state index contributed by atoms with van der Waals surface area (Å²) < 4.78 is 38.2. The zero-order valence-corrected chi connectivity index (χ0v) is 26.5. The molecular formula is C21H14Br4Cl2F3N3O4. The maximum Gasteiger partial charge on any atom is 0.419 e. The van der Waals surface area contributed by atoms with E-state index in [2.05, 4.69) is 78.7 Å². The van der Waals surface area contributed by atoms with E-state index in [1.165, 1.54) is 19.1 Å². The molecule has 3 heterocycles. The number of carbonyl (C=O) groups is 2. The van der Waals surface area contributed by atoms with Crippen molar-refractivity contribution in [1.29, 1.82) is 0 Å². The zero-order valence-electron chi connectivity index (χ0n) is 18.7. The van der Waals surface area contributed by atoms with Gasteiger partial charge in [-0.2, -0.15) is 13.2 Å². The summed E-state index contributed by atoms with van der Waals surface area (Å²) in [6, 6.07) is 4.44. The molecular weight excluding hydrogens is 806 g/mol. The molecule has 7 nitrogen and oxygen atoms in total. The van der Waals surface area contributed by atoms with Crippen LogP contribution in [-0.2, 0) is 6.18 Å². The Morgan fingerprint density at radius 1 is 0.757 bits per heavy atom. The number of alkyl halides is 3. The summed E-state index contributed by atoms with van der Waals surface area (Å²) in [4.78, 5) is 32.4. The smallest absolute Gasteiger partial charge is 0.419 e. The molecule has 0 aliphatic rings. The molecule has 16 heteroatoms. The van der Waals surface area contributed by atoms with Crippen LogP contribution < -0.4 is 0 Å². The lowest BCUT2D eigenvalue weighted by Gasteiger charge is -2.11. The molecule has 0 saturated carbocycles. The molecule has 37 heavy (non-hydrogen) atoms. The Morgan fingerprint density at radius 2 is 1.19 bits per heavy atom. The van der Waals surface area contributed by atoms with Gasteiger partial charge in [-0.15, -0.1) is 0 Å². The first-order valence-corrected chi connectivity index (χ1v) is 13.3. The molecule has 0 aliphatic heterocycles. The Balaban J connectivity index is 0.000000278. The lowest BCUT2D eigenvalue weighted by Crippen LogP contribution is -2.09. The van der Waals surface area contributed by atoms with Gasteiger partial charge in [0.25, 0.3) is 0 Å². The van der Waals surface area contributed by atoms with E-state index < -0.39 is 23.7 Å². The fourth-order valence-electron chi connectivity index (χ4n) is 2.64. The number of carboxylic acid groups (broad SMARTS) is 2. The standard InChI is InChI=1S/C7H4Br2F3N.C7H5Br2NO2.C7H5Cl2NO2/c1-3-2-4(8)13-6(9)5(3)7(10,11)12;2*1-3-2-4(8)10-6(9)5(3)7(11)12/h2H,1H3;2*2H,1H3,(H,11,12). The highest BCUT2D eigenvalue weighted by Crippen LogP contribution is 2.37. The van der Waals surface area contributed by atoms with Crippen molar-refractivity contribution in [3.63, 3.8) is 0 Å². The molecule has 0 fully saturated rings. The van der Waals surface area contributed by atoms with Crippen molar-refractivity contribution in [2.45, 2.75) is 26.9 Å². The molecule has 3 rings (SSSR count). The molecule has 200 valence electrons. The Hall–Kier alpha value is -1.32. The fourth-order valence-corrected chi connectivity index (χ4v) is 6.17. The number of hydrogen-bond donors (Lipinski definition) is 2. The first-order valence-electron chi connectivity index (χ1n) is 9.38. The molecule has 0 spiro atoms. The summed E-state index contributed by atoms with van der Waals surface area (Å²) >= 11 is 23.1. The van der Waals surface area contributed by atoms with Crippen molar-refractivity contribution in [3.05, 3.63) is 80.3 Å². The molecule has 0 unspecified atom stereocenters. The fraction of sp³-hybridized carbons (Fsp3) is 0.190. The van der Waals surface area contributed by atoms with Gasteiger partial charge in [0.1, 0.15) is 28.7 Å². The van der Waals surface area contributed by atoms with Crippen LogP contribution in [0.4, 0.5) is 13.2 Å². The molecule has 2 N–H and O–H groups in total. The molecule has 0 aromatic carbocycles. The first kappa shape index (κ1) is 33.7. The van der Waals surface area contributed by atoms with Crippen LogP contribution in [0, 0.1) is 20.8 Å². The number of pyridine rings is 3. The highest BCUT2D eigenvalue weighted by Gasteiger charge is 2.35. The Kier molecular flexibility index (Phi) is 12.9. The summed E-state index contributed by atoms with van der Waals surface area (Å²) in [5.74, 6) is -2.07.